The van der Waals surface area contributed by atoms with Gasteiger partial charge in [0.15, 0.2) is 0 Å². The van der Waals surface area contributed by atoms with Crippen molar-refractivity contribution in [1.29, 1.82) is 0 Å². The summed E-state index contributed by atoms with van der Waals surface area (Å²) in [6, 6.07) is 8.11. The molecule has 0 saturated carbocycles. The minimum absolute atomic E-state index is 0.349. The van der Waals surface area contributed by atoms with Crippen molar-refractivity contribution < 1.29 is 14.6 Å². The smallest absolute Gasteiger partial charge is 0.123 e. The van der Waals surface area contributed by atoms with E-state index in [2.05, 4.69) is 21.2 Å². The molecule has 2 N–H and O–H groups in total. The Bertz CT molecular complexity index is 531. The second kappa shape index (κ2) is 11.6. The standard InChI is InChI=1S/C21H35N3O3/c25-20(17-24-9-4-1-5-10-24)18-27-21-7-3-2-6-19(21)16-22-8-11-23-12-14-26-15-13-23/h2-3,6-7,20,22,25H,1,4-5,8-18H2. The lowest BCUT2D eigenvalue weighted by atomic mass is 10.1. The van der Waals surface area contributed by atoms with Gasteiger partial charge in [-0.05, 0) is 32.0 Å². The maximum atomic E-state index is 10.3. The molecule has 152 valence electrons. The Balaban J connectivity index is 1.37. The first-order valence-corrected chi connectivity index (χ1v) is 10.4. The Morgan fingerprint density at radius 1 is 1.04 bits per heavy atom. The van der Waals surface area contributed by atoms with E-state index < -0.39 is 6.10 Å². The van der Waals surface area contributed by atoms with Gasteiger partial charge in [0, 0.05) is 44.8 Å². The van der Waals surface area contributed by atoms with E-state index in [1.165, 1.54) is 19.3 Å². The first kappa shape index (κ1) is 20.6. The summed E-state index contributed by atoms with van der Waals surface area (Å²) in [6.45, 7) is 9.76. The molecule has 0 aromatic heterocycles. The molecular formula is C21H35N3O3. The van der Waals surface area contributed by atoms with Crippen molar-refractivity contribution in [1.82, 2.24) is 15.1 Å². The van der Waals surface area contributed by atoms with Crippen molar-refractivity contribution in [3.63, 3.8) is 0 Å². The molecule has 2 aliphatic rings. The van der Waals surface area contributed by atoms with Crippen molar-refractivity contribution in [2.75, 3.05) is 65.6 Å². The highest BCUT2D eigenvalue weighted by Crippen LogP contribution is 2.18. The Kier molecular flexibility index (Phi) is 8.84. The van der Waals surface area contributed by atoms with Gasteiger partial charge in [-0.15, -0.1) is 0 Å². The molecule has 1 unspecified atom stereocenters. The molecule has 2 heterocycles. The van der Waals surface area contributed by atoms with Crippen molar-refractivity contribution in [2.24, 2.45) is 0 Å². The summed E-state index contributed by atoms with van der Waals surface area (Å²) >= 11 is 0. The highest BCUT2D eigenvalue weighted by atomic mass is 16.5. The topological polar surface area (TPSA) is 57.2 Å². The van der Waals surface area contributed by atoms with Crippen molar-refractivity contribution >= 4 is 0 Å². The van der Waals surface area contributed by atoms with Crippen LogP contribution in [0, 0.1) is 0 Å². The molecule has 1 atom stereocenters. The van der Waals surface area contributed by atoms with E-state index in [0.717, 1.165) is 70.3 Å². The summed E-state index contributed by atoms with van der Waals surface area (Å²) in [5.41, 5.74) is 1.14. The number of benzene rings is 1. The number of nitrogens with zero attached hydrogens (tertiary/aromatic N) is 2. The van der Waals surface area contributed by atoms with E-state index >= 15 is 0 Å². The van der Waals surface area contributed by atoms with Crippen molar-refractivity contribution in [3.05, 3.63) is 29.8 Å². The van der Waals surface area contributed by atoms with Crippen LogP contribution >= 0.6 is 0 Å². The maximum Gasteiger partial charge on any atom is 0.123 e. The van der Waals surface area contributed by atoms with Crippen LogP contribution in [0.5, 0.6) is 5.75 Å². The second-order valence-electron chi connectivity index (χ2n) is 7.56. The number of aliphatic hydroxyl groups is 1. The monoisotopic (exact) mass is 377 g/mol. The number of ether oxygens (including phenoxy) is 2. The molecule has 0 bridgehead atoms. The van der Waals surface area contributed by atoms with Crippen LogP contribution in [0.15, 0.2) is 24.3 Å². The molecule has 0 spiro atoms. The van der Waals surface area contributed by atoms with E-state index in [0.29, 0.717) is 13.2 Å². The number of nitrogens with one attached hydrogen (secondary N) is 1. The third kappa shape index (κ3) is 7.39. The molecule has 6 heteroatoms. The fourth-order valence-corrected chi connectivity index (χ4v) is 3.75. The van der Waals surface area contributed by atoms with Crippen LogP contribution in [-0.2, 0) is 11.3 Å². The predicted molar refractivity (Wildman–Crippen MR) is 107 cm³/mol. The summed E-state index contributed by atoms with van der Waals surface area (Å²) in [6.07, 6.45) is 3.36. The van der Waals surface area contributed by atoms with Gasteiger partial charge in [-0.1, -0.05) is 24.6 Å². The summed E-state index contributed by atoms with van der Waals surface area (Å²) in [4.78, 5) is 4.77. The Morgan fingerprint density at radius 3 is 2.63 bits per heavy atom. The molecule has 2 saturated heterocycles. The van der Waals surface area contributed by atoms with E-state index in [4.69, 9.17) is 9.47 Å². The zero-order chi connectivity index (χ0) is 18.7. The van der Waals surface area contributed by atoms with E-state index in [9.17, 15) is 5.11 Å². The molecule has 1 aromatic rings. The van der Waals surface area contributed by atoms with Gasteiger partial charge in [-0.2, -0.15) is 0 Å². The normalized spacial score (nSPS) is 20.5. The number of β-amino-alcohol motifs (C(OH)–C–C–N with tert-alkyl or cyclic N) is 1. The zero-order valence-electron chi connectivity index (χ0n) is 16.4. The van der Waals surface area contributed by atoms with E-state index in [-0.39, 0.29) is 0 Å². The molecule has 0 aliphatic carbocycles. The van der Waals surface area contributed by atoms with E-state index in [1.54, 1.807) is 0 Å². The Hall–Kier alpha value is -1.18. The van der Waals surface area contributed by atoms with Crippen LogP contribution in [0.1, 0.15) is 24.8 Å². The lowest BCUT2D eigenvalue weighted by Gasteiger charge is -2.28. The van der Waals surface area contributed by atoms with Crippen LogP contribution in [0.3, 0.4) is 0 Å². The molecule has 0 radical (unpaired) electrons. The summed E-state index contributed by atoms with van der Waals surface area (Å²) in [5.74, 6) is 0.870. The Labute approximate surface area is 163 Å². The number of para-hydroxylation sites is 1. The van der Waals surface area contributed by atoms with Crippen LogP contribution in [0.25, 0.3) is 0 Å². The molecule has 2 fully saturated rings. The van der Waals surface area contributed by atoms with Crippen LogP contribution in [0.2, 0.25) is 0 Å². The largest absolute Gasteiger partial charge is 0.491 e. The van der Waals surface area contributed by atoms with Gasteiger partial charge in [0.05, 0.1) is 13.2 Å². The van der Waals surface area contributed by atoms with Crippen LogP contribution in [-0.4, -0.2) is 86.6 Å². The van der Waals surface area contributed by atoms with Gasteiger partial charge in [0.1, 0.15) is 18.5 Å². The zero-order valence-corrected chi connectivity index (χ0v) is 16.4. The average Bonchev–Trinajstić information content (AvgIpc) is 2.72. The lowest BCUT2D eigenvalue weighted by Crippen LogP contribution is -2.40. The number of hydrogen-bond donors (Lipinski definition) is 2. The summed E-state index contributed by atoms with van der Waals surface area (Å²) in [7, 11) is 0. The molecule has 3 rings (SSSR count). The van der Waals surface area contributed by atoms with Gasteiger partial charge in [0.25, 0.3) is 0 Å². The maximum absolute atomic E-state index is 10.3. The first-order valence-electron chi connectivity index (χ1n) is 10.4. The van der Waals surface area contributed by atoms with Gasteiger partial charge in [-0.3, -0.25) is 4.90 Å². The van der Waals surface area contributed by atoms with Crippen LogP contribution < -0.4 is 10.1 Å². The number of piperidine rings is 1. The van der Waals surface area contributed by atoms with Crippen LogP contribution in [0.4, 0.5) is 0 Å². The highest BCUT2D eigenvalue weighted by Gasteiger charge is 2.15. The van der Waals surface area contributed by atoms with Gasteiger partial charge in [0.2, 0.25) is 0 Å². The second-order valence-corrected chi connectivity index (χ2v) is 7.56. The predicted octanol–water partition coefficient (Wildman–Crippen LogP) is 1.33. The number of likely N-dealkylation sites (tertiary alicyclic amines) is 1. The number of rotatable bonds is 10. The number of morpholine rings is 1. The lowest BCUT2D eigenvalue weighted by molar-refractivity contribution is 0.0384. The van der Waals surface area contributed by atoms with Gasteiger partial charge >= 0.3 is 0 Å². The summed E-state index contributed by atoms with van der Waals surface area (Å²) < 4.78 is 11.3. The Morgan fingerprint density at radius 2 is 1.81 bits per heavy atom. The van der Waals surface area contributed by atoms with Gasteiger partial charge in [-0.25, -0.2) is 0 Å². The number of hydrogen-bond acceptors (Lipinski definition) is 6. The quantitative estimate of drug-likeness (QED) is 0.600. The fourth-order valence-electron chi connectivity index (χ4n) is 3.75. The molecular weight excluding hydrogens is 342 g/mol. The third-order valence-corrected chi connectivity index (χ3v) is 5.35. The minimum atomic E-state index is -0.439. The minimum Gasteiger partial charge on any atom is -0.491 e. The third-order valence-electron chi connectivity index (χ3n) is 5.35. The molecule has 6 nitrogen and oxygen atoms in total. The van der Waals surface area contributed by atoms with Crippen molar-refractivity contribution in [3.8, 4) is 5.75 Å². The molecule has 27 heavy (non-hydrogen) atoms. The number of aliphatic hydroxyl groups excluding tert-OH is 1. The SMILES string of the molecule is OC(COc1ccccc1CNCCN1CCOCC1)CN1CCCCC1. The summed E-state index contributed by atoms with van der Waals surface area (Å²) in [5, 5.41) is 13.8. The fraction of sp³-hybridized carbons (Fsp3) is 0.714. The highest BCUT2D eigenvalue weighted by molar-refractivity contribution is 5.33. The molecule has 2 aliphatic heterocycles. The van der Waals surface area contributed by atoms with E-state index in [1.807, 2.05) is 18.2 Å². The average molecular weight is 378 g/mol. The molecule has 0 amide bonds. The van der Waals surface area contributed by atoms with Crippen molar-refractivity contribution in [2.45, 2.75) is 31.9 Å². The first-order chi connectivity index (χ1) is 13.3. The van der Waals surface area contributed by atoms with Gasteiger partial charge < -0.3 is 24.8 Å². The molecule has 1 aromatic carbocycles.